The van der Waals surface area contributed by atoms with Crippen molar-refractivity contribution in [2.24, 2.45) is 0 Å². The molecule has 0 amide bonds. The normalized spacial score (nSPS) is 11.0. The molecule has 3 heterocycles. The van der Waals surface area contributed by atoms with Gasteiger partial charge in [0.15, 0.2) is 0 Å². The SMILES string of the molecule is Cc1cc2c(NCc3ccco3)nc(Cl)nc2s1. The van der Waals surface area contributed by atoms with E-state index in [9.17, 15) is 0 Å². The summed E-state index contributed by atoms with van der Waals surface area (Å²) in [4.78, 5) is 10.5. The Kier molecular flexibility index (Phi) is 2.93. The molecular formula is C12H10ClN3OS. The molecule has 0 unspecified atom stereocenters. The molecule has 0 saturated heterocycles. The molecular weight excluding hydrogens is 270 g/mol. The van der Waals surface area contributed by atoms with Crippen LogP contribution in [0.3, 0.4) is 0 Å². The van der Waals surface area contributed by atoms with Gasteiger partial charge in [-0.1, -0.05) is 0 Å². The van der Waals surface area contributed by atoms with E-state index < -0.39 is 0 Å². The lowest BCUT2D eigenvalue weighted by atomic mass is 10.3. The number of thiophene rings is 1. The summed E-state index contributed by atoms with van der Waals surface area (Å²) >= 11 is 7.52. The smallest absolute Gasteiger partial charge is 0.225 e. The van der Waals surface area contributed by atoms with Crippen molar-refractivity contribution >= 4 is 39.0 Å². The summed E-state index contributed by atoms with van der Waals surface area (Å²) in [6, 6.07) is 5.82. The Morgan fingerprint density at radius 1 is 1.44 bits per heavy atom. The summed E-state index contributed by atoms with van der Waals surface area (Å²) < 4.78 is 5.27. The van der Waals surface area contributed by atoms with E-state index in [2.05, 4.69) is 21.4 Å². The van der Waals surface area contributed by atoms with Gasteiger partial charge in [-0.3, -0.25) is 0 Å². The first-order valence-corrected chi connectivity index (χ1v) is 6.62. The van der Waals surface area contributed by atoms with Gasteiger partial charge < -0.3 is 9.73 Å². The summed E-state index contributed by atoms with van der Waals surface area (Å²) in [5, 5.41) is 4.47. The summed E-state index contributed by atoms with van der Waals surface area (Å²) in [5.41, 5.74) is 0. The van der Waals surface area contributed by atoms with Crippen molar-refractivity contribution in [2.45, 2.75) is 13.5 Å². The van der Waals surface area contributed by atoms with Crippen LogP contribution < -0.4 is 5.32 Å². The maximum atomic E-state index is 5.91. The lowest BCUT2D eigenvalue weighted by Crippen LogP contribution is -2.01. The minimum absolute atomic E-state index is 0.256. The highest BCUT2D eigenvalue weighted by atomic mass is 35.5. The second kappa shape index (κ2) is 4.59. The number of aryl methyl sites for hydroxylation is 1. The molecule has 6 heteroatoms. The number of hydrogen-bond acceptors (Lipinski definition) is 5. The van der Waals surface area contributed by atoms with Gasteiger partial charge >= 0.3 is 0 Å². The largest absolute Gasteiger partial charge is 0.467 e. The van der Waals surface area contributed by atoms with E-state index in [1.165, 1.54) is 4.88 Å². The molecule has 0 aliphatic carbocycles. The van der Waals surface area contributed by atoms with Gasteiger partial charge in [-0.25, -0.2) is 9.97 Å². The van der Waals surface area contributed by atoms with Crippen LogP contribution in [0.15, 0.2) is 28.9 Å². The maximum Gasteiger partial charge on any atom is 0.225 e. The molecule has 0 spiro atoms. The molecule has 0 bridgehead atoms. The Bertz CT molecular complexity index is 678. The van der Waals surface area contributed by atoms with Crippen LogP contribution in [0.2, 0.25) is 5.28 Å². The van der Waals surface area contributed by atoms with Crippen molar-refractivity contribution < 1.29 is 4.42 Å². The first-order chi connectivity index (χ1) is 8.72. The third-order valence-electron chi connectivity index (χ3n) is 2.50. The van der Waals surface area contributed by atoms with Crippen molar-refractivity contribution in [3.63, 3.8) is 0 Å². The quantitative estimate of drug-likeness (QED) is 0.740. The van der Waals surface area contributed by atoms with E-state index in [0.717, 1.165) is 21.8 Å². The summed E-state index contributed by atoms with van der Waals surface area (Å²) in [7, 11) is 0. The fourth-order valence-corrected chi connectivity index (χ4v) is 2.83. The molecule has 0 atom stereocenters. The number of halogens is 1. The molecule has 0 saturated carbocycles. The molecule has 3 aromatic heterocycles. The molecule has 0 aromatic carbocycles. The summed E-state index contributed by atoms with van der Waals surface area (Å²) in [5.74, 6) is 1.59. The molecule has 0 radical (unpaired) electrons. The molecule has 18 heavy (non-hydrogen) atoms. The Labute approximate surface area is 113 Å². The van der Waals surface area contributed by atoms with Crippen LogP contribution in [-0.4, -0.2) is 9.97 Å². The van der Waals surface area contributed by atoms with Crippen LogP contribution in [0.25, 0.3) is 10.2 Å². The number of hydrogen-bond donors (Lipinski definition) is 1. The molecule has 1 N–H and O–H groups in total. The summed E-state index contributed by atoms with van der Waals surface area (Å²) in [6.07, 6.45) is 1.65. The number of nitrogens with zero attached hydrogens (tertiary/aromatic N) is 2. The molecule has 0 aliphatic rings. The van der Waals surface area contributed by atoms with E-state index in [1.807, 2.05) is 19.1 Å². The van der Waals surface area contributed by atoms with Crippen molar-refractivity contribution in [3.05, 3.63) is 40.4 Å². The van der Waals surface area contributed by atoms with Crippen LogP contribution in [0.1, 0.15) is 10.6 Å². The van der Waals surface area contributed by atoms with Crippen LogP contribution in [0.4, 0.5) is 5.82 Å². The summed E-state index contributed by atoms with van der Waals surface area (Å²) in [6.45, 7) is 2.61. The van der Waals surface area contributed by atoms with Gasteiger partial charge in [0, 0.05) is 4.88 Å². The number of nitrogens with one attached hydrogen (secondary N) is 1. The number of furan rings is 1. The first-order valence-electron chi connectivity index (χ1n) is 5.42. The van der Waals surface area contributed by atoms with Crippen LogP contribution in [0.5, 0.6) is 0 Å². The topological polar surface area (TPSA) is 51.0 Å². The zero-order valence-electron chi connectivity index (χ0n) is 9.61. The third-order valence-corrected chi connectivity index (χ3v) is 3.61. The van der Waals surface area contributed by atoms with Crippen LogP contribution in [0, 0.1) is 6.92 Å². The molecule has 0 aliphatic heterocycles. The average Bonchev–Trinajstić information content (AvgIpc) is 2.93. The molecule has 3 rings (SSSR count). The second-order valence-corrected chi connectivity index (χ2v) is 5.42. The monoisotopic (exact) mass is 279 g/mol. The maximum absolute atomic E-state index is 5.91. The fourth-order valence-electron chi connectivity index (χ4n) is 1.73. The second-order valence-electron chi connectivity index (χ2n) is 3.85. The lowest BCUT2D eigenvalue weighted by molar-refractivity contribution is 0.518. The number of fused-ring (bicyclic) bond motifs is 1. The van der Waals surface area contributed by atoms with E-state index in [0.29, 0.717) is 6.54 Å². The van der Waals surface area contributed by atoms with Crippen molar-refractivity contribution in [2.75, 3.05) is 5.32 Å². The molecule has 3 aromatic rings. The zero-order chi connectivity index (χ0) is 12.5. The van der Waals surface area contributed by atoms with Gasteiger partial charge in [-0.2, -0.15) is 0 Å². The van der Waals surface area contributed by atoms with Gasteiger partial charge in [-0.15, -0.1) is 11.3 Å². The first kappa shape index (κ1) is 11.5. The van der Waals surface area contributed by atoms with E-state index in [-0.39, 0.29) is 5.28 Å². The fraction of sp³-hybridized carbons (Fsp3) is 0.167. The Morgan fingerprint density at radius 3 is 3.11 bits per heavy atom. The lowest BCUT2D eigenvalue weighted by Gasteiger charge is -2.04. The number of aromatic nitrogens is 2. The number of anilines is 1. The molecule has 0 fully saturated rings. The highest BCUT2D eigenvalue weighted by Gasteiger charge is 2.09. The third kappa shape index (κ3) is 2.19. The average molecular weight is 280 g/mol. The Balaban J connectivity index is 1.95. The van der Waals surface area contributed by atoms with Crippen LogP contribution >= 0.6 is 22.9 Å². The van der Waals surface area contributed by atoms with Gasteiger partial charge in [-0.05, 0) is 36.7 Å². The van der Waals surface area contributed by atoms with Gasteiger partial charge in [0.2, 0.25) is 5.28 Å². The minimum Gasteiger partial charge on any atom is -0.467 e. The predicted molar refractivity (Wildman–Crippen MR) is 73.2 cm³/mol. The van der Waals surface area contributed by atoms with E-state index >= 15 is 0 Å². The standard InChI is InChI=1S/C12H10ClN3OS/c1-7-5-9-10(14-6-8-3-2-4-17-8)15-12(13)16-11(9)18-7/h2-5H,6H2,1H3,(H,14,15,16). The Hall–Kier alpha value is -1.59. The van der Waals surface area contributed by atoms with Gasteiger partial charge in [0.25, 0.3) is 0 Å². The predicted octanol–water partition coefficient (Wildman–Crippen LogP) is 3.86. The minimum atomic E-state index is 0.256. The molecule has 4 nitrogen and oxygen atoms in total. The van der Waals surface area contributed by atoms with E-state index in [1.54, 1.807) is 17.6 Å². The van der Waals surface area contributed by atoms with Crippen molar-refractivity contribution in [1.82, 2.24) is 9.97 Å². The molecule has 92 valence electrons. The van der Waals surface area contributed by atoms with Crippen molar-refractivity contribution in [1.29, 1.82) is 0 Å². The van der Waals surface area contributed by atoms with E-state index in [4.69, 9.17) is 16.0 Å². The Morgan fingerprint density at radius 2 is 2.33 bits per heavy atom. The zero-order valence-corrected chi connectivity index (χ0v) is 11.2. The van der Waals surface area contributed by atoms with Crippen molar-refractivity contribution in [3.8, 4) is 0 Å². The van der Waals surface area contributed by atoms with Crippen LogP contribution in [-0.2, 0) is 6.54 Å². The number of rotatable bonds is 3. The van der Waals surface area contributed by atoms with Gasteiger partial charge in [0.05, 0.1) is 18.2 Å². The highest BCUT2D eigenvalue weighted by molar-refractivity contribution is 7.18. The highest BCUT2D eigenvalue weighted by Crippen LogP contribution is 2.29. The van der Waals surface area contributed by atoms with Gasteiger partial charge in [0.1, 0.15) is 16.4 Å².